The first kappa shape index (κ1) is 12.4. The van der Waals surface area contributed by atoms with Crippen molar-refractivity contribution in [3.05, 3.63) is 53.6 Å². The summed E-state index contributed by atoms with van der Waals surface area (Å²) in [6.07, 6.45) is 0. The van der Waals surface area contributed by atoms with Gasteiger partial charge in [0.05, 0.1) is 11.3 Å². The van der Waals surface area contributed by atoms with Crippen molar-refractivity contribution in [2.75, 3.05) is 18.5 Å². The molecule has 4 nitrogen and oxygen atoms in total. The van der Waals surface area contributed by atoms with Crippen LogP contribution in [-0.2, 0) is 6.54 Å². The van der Waals surface area contributed by atoms with Crippen molar-refractivity contribution in [2.45, 2.75) is 6.54 Å². The van der Waals surface area contributed by atoms with E-state index in [9.17, 15) is 0 Å². The van der Waals surface area contributed by atoms with Gasteiger partial charge in [-0.05, 0) is 18.2 Å². The highest BCUT2D eigenvalue weighted by Crippen LogP contribution is 2.34. The maximum atomic E-state index is 9.07. The van der Waals surface area contributed by atoms with Crippen molar-refractivity contribution < 1.29 is 9.47 Å². The molecule has 1 N–H and O–H groups in total. The van der Waals surface area contributed by atoms with E-state index in [1.807, 2.05) is 36.4 Å². The Labute approximate surface area is 117 Å². The number of fused-ring (bicyclic) bond motifs is 1. The van der Waals surface area contributed by atoms with Crippen LogP contribution in [0.3, 0.4) is 0 Å². The summed E-state index contributed by atoms with van der Waals surface area (Å²) < 4.78 is 11.2. The summed E-state index contributed by atoms with van der Waals surface area (Å²) in [6, 6.07) is 15.5. The van der Waals surface area contributed by atoms with Gasteiger partial charge in [-0.1, -0.05) is 24.3 Å². The average molecular weight is 266 g/mol. The zero-order valence-electron chi connectivity index (χ0n) is 10.9. The monoisotopic (exact) mass is 266 g/mol. The Balaban J connectivity index is 1.81. The highest BCUT2D eigenvalue weighted by Gasteiger charge is 2.15. The van der Waals surface area contributed by atoms with Gasteiger partial charge in [0, 0.05) is 12.1 Å². The van der Waals surface area contributed by atoms with Crippen LogP contribution in [0, 0.1) is 11.3 Å². The molecule has 0 spiro atoms. The predicted molar refractivity (Wildman–Crippen MR) is 75.9 cm³/mol. The second kappa shape index (κ2) is 5.54. The van der Waals surface area contributed by atoms with E-state index in [1.165, 1.54) is 0 Å². The largest absolute Gasteiger partial charge is 0.486 e. The Kier molecular flexibility index (Phi) is 3.42. The SMILES string of the molecule is N#Cc1ccccc1NCc1cccc2c1OCCO2. The van der Waals surface area contributed by atoms with Gasteiger partial charge in [-0.2, -0.15) is 5.26 Å². The molecule has 100 valence electrons. The summed E-state index contributed by atoms with van der Waals surface area (Å²) in [6.45, 7) is 1.74. The first-order valence-corrected chi connectivity index (χ1v) is 6.49. The van der Waals surface area contributed by atoms with Crippen LogP contribution in [0.15, 0.2) is 42.5 Å². The summed E-state index contributed by atoms with van der Waals surface area (Å²) >= 11 is 0. The van der Waals surface area contributed by atoms with Crippen LogP contribution in [0.2, 0.25) is 0 Å². The van der Waals surface area contributed by atoms with Crippen molar-refractivity contribution in [3.8, 4) is 17.6 Å². The maximum Gasteiger partial charge on any atom is 0.166 e. The van der Waals surface area contributed by atoms with E-state index in [0.29, 0.717) is 25.3 Å². The molecule has 0 saturated heterocycles. The number of hydrogen-bond acceptors (Lipinski definition) is 4. The molecular weight excluding hydrogens is 252 g/mol. The third-order valence-corrected chi connectivity index (χ3v) is 3.16. The average Bonchev–Trinajstić information content (AvgIpc) is 2.53. The molecule has 4 heteroatoms. The summed E-state index contributed by atoms with van der Waals surface area (Å²) in [7, 11) is 0. The number of nitriles is 1. The Hall–Kier alpha value is -2.67. The second-order valence-corrected chi connectivity index (χ2v) is 4.45. The Morgan fingerprint density at radius 1 is 1.05 bits per heavy atom. The number of benzene rings is 2. The molecule has 1 heterocycles. The van der Waals surface area contributed by atoms with Gasteiger partial charge in [0.25, 0.3) is 0 Å². The Morgan fingerprint density at radius 2 is 1.90 bits per heavy atom. The van der Waals surface area contributed by atoms with E-state index in [0.717, 1.165) is 22.7 Å². The molecule has 0 atom stereocenters. The number of rotatable bonds is 3. The van der Waals surface area contributed by atoms with E-state index in [2.05, 4.69) is 11.4 Å². The van der Waals surface area contributed by atoms with Gasteiger partial charge >= 0.3 is 0 Å². The summed E-state index contributed by atoms with van der Waals surface area (Å²) in [5.41, 5.74) is 2.48. The fraction of sp³-hybridized carbons (Fsp3) is 0.188. The van der Waals surface area contributed by atoms with Gasteiger partial charge in [-0.25, -0.2) is 0 Å². The maximum absolute atomic E-state index is 9.07. The minimum atomic E-state index is 0.568. The smallest absolute Gasteiger partial charge is 0.166 e. The molecule has 1 aliphatic heterocycles. The molecule has 0 amide bonds. The minimum Gasteiger partial charge on any atom is -0.486 e. The molecule has 0 radical (unpaired) electrons. The van der Waals surface area contributed by atoms with Gasteiger partial charge in [-0.3, -0.25) is 0 Å². The lowest BCUT2D eigenvalue weighted by Gasteiger charge is -2.21. The van der Waals surface area contributed by atoms with Crippen LogP contribution >= 0.6 is 0 Å². The summed E-state index contributed by atoms with van der Waals surface area (Å²) in [5.74, 6) is 1.57. The predicted octanol–water partition coefficient (Wildman–Crippen LogP) is 2.94. The molecule has 0 bridgehead atoms. The lowest BCUT2D eigenvalue weighted by molar-refractivity contribution is 0.170. The number of ether oxygens (including phenoxy) is 2. The molecule has 20 heavy (non-hydrogen) atoms. The van der Waals surface area contributed by atoms with Crippen molar-refractivity contribution >= 4 is 5.69 Å². The molecule has 3 rings (SSSR count). The molecule has 0 aromatic heterocycles. The molecule has 0 saturated carbocycles. The first-order valence-electron chi connectivity index (χ1n) is 6.49. The Bertz CT molecular complexity index is 662. The van der Waals surface area contributed by atoms with Crippen molar-refractivity contribution in [2.24, 2.45) is 0 Å². The summed E-state index contributed by atoms with van der Waals surface area (Å²) in [5, 5.41) is 12.3. The van der Waals surface area contributed by atoms with E-state index in [4.69, 9.17) is 14.7 Å². The lowest BCUT2D eigenvalue weighted by atomic mass is 10.1. The summed E-state index contributed by atoms with van der Waals surface area (Å²) in [4.78, 5) is 0. The molecular formula is C16H14N2O2. The highest BCUT2D eigenvalue weighted by molar-refractivity contribution is 5.58. The molecule has 2 aromatic rings. The van der Waals surface area contributed by atoms with Crippen LogP contribution in [0.25, 0.3) is 0 Å². The number of hydrogen-bond donors (Lipinski definition) is 1. The topological polar surface area (TPSA) is 54.3 Å². The second-order valence-electron chi connectivity index (χ2n) is 4.45. The lowest BCUT2D eigenvalue weighted by Crippen LogP contribution is -2.17. The van der Waals surface area contributed by atoms with Gasteiger partial charge in [-0.15, -0.1) is 0 Å². The van der Waals surface area contributed by atoms with E-state index in [-0.39, 0.29) is 0 Å². The van der Waals surface area contributed by atoms with Crippen molar-refractivity contribution in [1.29, 1.82) is 5.26 Å². The fourth-order valence-corrected chi connectivity index (χ4v) is 2.20. The van der Waals surface area contributed by atoms with Gasteiger partial charge in [0.15, 0.2) is 11.5 Å². The number of nitrogens with one attached hydrogen (secondary N) is 1. The standard InChI is InChI=1S/C16H14N2O2/c17-10-12-4-1-2-6-14(12)18-11-13-5-3-7-15-16(13)20-9-8-19-15/h1-7,18H,8-9,11H2. The third kappa shape index (κ3) is 2.39. The molecule has 0 unspecified atom stereocenters. The van der Waals surface area contributed by atoms with Crippen LogP contribution in [0.5, 0.6) is 11.5 Å². The fourth-order valence-electron chi connectivity index (χ4n) is 2.20. The number of anilines is 1. The van der Waals surface area contributed by atoms with E-state index < -0.39 is 0 Å². The molecule has 0 fully saturated rings. The third-order valence-electron chi connectivity index (χ3n) is 3.16. The zero-order chi connectivity index (χ0) is 13.8. The van der Waals surface area contributed by atoms with Crippen LogP contribution < -0.4 is 14.8 Å². The van der Waals surface area contributed by atoms with E-state index >= 15 is 0 Å². The van der Waals surface area contributed by atoms with Crippen LogP contribution in [0.1, 0.15) is 11.1 Å². The molecule has 0 aliphatic carbocycles. The zero-order valence-corrected chi connectivity index (χ0v) is 10.9. The molecule has 1 aliphatic rings. The first-order chi connectivity index (χ1) is 9.88. The van der Waals surface area contributed by atoms with Crippen LogP contribution in [-0.4, -0.2) is 13.2 Å². The van der Waals surface area contributed by atoms with Gasteiger partial charge in [0.1, 0.15) is 19.3 Å². The minimum absolute atomic E-state index is 0.568. The van der Waals surface area contributed by atoms with E-state index in [1.54, 1.807) is 6.07 Å². The number of nitrogens with zero attached hydrogens (tertiary/aromatic N) is 1. The Morgan fingerprint density at radius 3 is 2.80 bits per heavy atom. The number of para-hydroxylation sites is 2. The molecule has 2 aromatic carbocycles. The van der Waals surface area contributed by atoms with Gasteiger partial charge in [0.2, 0.25) is 0 Å². The van der Waals surface area contributed by atoms with Gasteiger partial charge < -0.3 is 14.8 Å². The normalized spacial score (nSPS) is 12.6. The van der Waals surface area contributed by atoms with Crippen molar-refractivity contribution in [1.82, 2.24) is 0 Å². The highest BCUT2D eigenvalue weighted by atomic mass is 16.6. The quantitative estimate of drug-likeness (QED) is 0.928. The van der Waals surface area contributed by atoms with Crippen molar-refractivity contribution in [3.63, 3.8) is 0 Å². The van der Waals surface area contributed by atoms with Crippen LogP contribution in [0.4, 0.5) is 5.69 Å².